The van der Waals surface area contributed by atoms with Gasteiger partial charge in [-0.15, -0.1) is 0 Å². The second-order valence-electron chi connectivity index (χ2n) is 5.26. The van der Waals surface area contributed by atoms with E-state index in [1.54, 1.807) is 24.4 Å². The molecular weight excluding hydrogens is 254 g/mol. The van der Waals surface area contributed by atoms with E-state index in [2.05, 4.69) is 9.97 Å². The van der Waals surface area contributed by atoms with E-state index in [9.17, 15) is 4.79 Å². The molecule has 1 amide bonds. The van der Waals surface area contributed by atoms with Crippen molar-refractivity contribution in [3.63, 3.8) is 0 Å². The van der Waals surface area contributed by atoms with Crippen LogP contribution in [0.25, 0.3) is 0 Å². The normalized spacial score (nSPS) is 14.3. The van der Waals surface area contributed by atoms with Crippen LogP contribution in [0.15, 0.2) is 29.3 Å². The Morgan fingerprint density at radius 3 is 2.95 bits per heavy atom. The molecule has 0 unspecified atom stereocenters. The van der Waals surface area contributed by atoms with Crippen LogP contribution < -0.4 is 0 Å². The summed E-state index contributed by atoms with van der Waals surface area (Å²) in [4.78, 5) is 22.5. The zero-order valence-corrected chi connectivity index (χ0v) is 11.7. The molecule has 0 N–H and O–H groups in total. The highest BCUT2D eigenvalue weighted by atomic mass is 16.3. The van der Waals surface area contributed by atoms with Gasteiger partial charge in [0.15, 0.2) is 0 Å². The highest BCUT2D eigenvalue weighted by molar-refractivity contribution is 5.95. The van der Waals surface area contributed by atoms with Crippen LogP contribution in [-0.4, -0.2) is 27.8 Å². The summed E-state index contributed by atoms with van der Waals surface area (Å²) in [5.41, 5.74) is 2.53. The van der Waals surface area contributed by atoms with Crippen LogP contribution in [0, 0.1) is 6.92 Å². The Morgan fingerprint density at radius 2 is 2.30 bits per heavy atom. The van der Waals surface area contributed by atoms with Crippen molar-refractivity contribution in [2.45, 2.75) is 32.2 Å². The molecule has 1 saturated carbocycles. The third-order valence-corrected chi connectivity index (χ3v) is 3.66. The van der Waals surface area contributed by atoms with E-state index in [1.807, 2.05) is 13.0 Å². The molecule has 1 aliphatic carbocycles. The van der Waals surface area contributed by atoms with Gasteiger partial charge < -0.3 is 9.32 Å². The average Bonchev–Trinajstić information content (AvgIpc) is 3.23. The molecule has 0 aliphatic heterocycles. The number of amides is 1. The fourth-order valence-corrected chi connectivity index (χ4v) is 2.29. The Hall–Kier alpha value is -2.17. The summed E-state index contributed by atoms with van der Waals surface area (Å²) in [6.45, 7) is 2.43. The molecular formula is C15H17N3O2. The lowest BCUT2D eigenvalue weighted by molar-refractivity contribution is 0.0782. The fourth-order valence-electron chi connectivity index (χ4n) is 2.29. The summed E-state index contributed by atoms with van der Waals surface area (Å²) in [6.07, 6.45) is 7.01. The molecule has 1 fully saturated rings. The summed E-state index contributed by atoms with van der Waals surface area (Å²) in [5, 5.41) is 0. The molecule has 2 aromatic heterocycles. The smallest absolute Gasteiger partial charge is 0.257 e. The van der Waals surface area contributed by atoms with Gasteiger partial charge in [0, 0.05) is 31.3 Å². The van der Waals surface area contributed by atoms with Crippen molar-refractivity contribution in [1.82, 2.24) is 14.9 Å². The van der Waals surface area contributed by atoms with Gasteiger partial charge in [-0.05, 0) is 25.8 Å². The van der Waals surface area contributed by atoms with Crippen LogP contribution >= 0.6 is 0 Å². The van der Waals surface area contributed by atoms with E-state index in [-0.39, 0.29) is 5.91 Å². The molecule has 3 rings (SSSR count). The fraction of sp³-hybridized carbons (Fsp3) is 0.400. The first kappa shape index (κ1) is 12.8. The molecule has 0 spiro atoms. The van der Waals surface area contributed by atoms with Crippen molar-refractivity contribution >= 4 is 5.91 Å². The summed E-state index contributed by atoms with van der Waals surface area (Å²) in [5.74, 6) is 1.24. The first-order valence-corrected chi connectivity index (χ1v) is 6.75. The minimum Gasteiger partial charge on any atom is -0.469 e. The highest BCUT2D eigenvalue weighted by Crippen LogP contribution is 2.40. The SMILES string of the molecule is Cc1occc1CN(C)C(=O)c1cncnc1C1CC1. The van der Waals surface area contributed by atoms with Crippen LogP contribution in [0.3, 0.4) is 0 Å². The minimum atomic E-state index is -0.0342. The Kier molecular flexibility index (Phi) is 3.26. The maximum absolute atomic E-state index is 12.6. The Morgan fingerprint density at radius 1 is 1.50 bits per heavy atom. The van der Waals surface area contributed by atoms with E-state index < -0.39 is 0 Å². The monoisotopic (exact) mass is 271 g/mol. The third-order valence-electron chi connectivity index (χ3n) is 3.66. The van der Waals surface area contributed by atoms with E-state index in [4.69, 9.17) is 4.42 Å². The number of aromatic nitrogens is 2. The molecule has 2 heterocycles. The summed E-state index contributed by atoms with van der Waals surface area (Å²) in [6, 6.07) is 1.89. The van der Waals surface area contributed by atoms with Gasteiger partial charge in [0.25, 0.3) is 5.91 Å². The van der Waals surface area contributed by atoms with E-state index in [0.717, 1.165) is 29.9 Å². The summed E-state index contributed by atoms with van der Waals surface area (Å²) in [7, 11) is 1.79. The van der Waals surface area contributed by atoms with Gasteiger partial charge in [-0.3, -0.25) is 4.79 Å². The number of nitrogens with zero attached hydrogens (tertiary/aromatic N) is 3. The molecule has 20 heavy (non-hydrogen) atoms. The number of aryl methyl sites for hydroxylation is 1. The molecule has 0 aromatic carbocycles. The van der Waals surface area contributed by atoms with Crippen LogP contribution in [0.4, 0.5) is 0 Å². The van der Waals surface area contributed by atoms with Crippen molar-refractivity contribution in [2.75, 3.05) is 7.05 Å². The first-order chi connectivity index (χ1) is 9.66. The number of furan rings is 1. The van der Waals surface area contributed by atoms with Crippen LogP contribution in [0.2, 0.25) is 0 Å². The molecule has 0 radical (unpaired) electrons. The third kappa shape index (κ3) is 2.43. The molecule has 0 bridgehead atoms. The average molecular weight is 271 g/mol. The predicted octanol–water partition coefficient (Wildman–Crippen LogP) is 2.53. The molecule has 0 saturated heterocycles. The Balaban J connectivity index is 1.80. The number of hydrogen-bond acceptors (Lipinski definition) is 4. The second kappa shape index (κ2) is 5.07. The molecule has 2 aromatic rings. The zero-order valence-electron chi connectivity index (χ0n) is 11.7. The highest BCUT2D eigenvalue weighted by Gasteiger charge is 2.30. The zero-order chi connectivity index (χ0) is 14.1. The maximum atomic E-state index is 12.6. The number of rotatable bonds is 4. The van der Waals surface area contributed by atoms with Gasteiger partial charge in [-0.1, -0.05) is 0 Å². The Labute approximate surface area is 117 Å². The van der Waals surface area contributed by atoms with Gasteiger partial charge in [0.05, 0.1) is 17.5 Å². The van der Waals surface area contributed by atoms with E-state index >= 15 is 0 Å². The van der Waals surface area contributed by atoms with Crippen molar-refractivity contribution in [3.8, 4) is 0 Å². The number of carbonyl (C=O) groups excluding carboxylic acids is 1. The minimum absolute atomic E-state index is 0.0342. The van der Waals surface area contributed by atoms with Crippen molar-refractivity contribution in [2.24, 2.45) is 0 Å². The lowest BCUT2D eigenvalue weighted by atomic mass is 10.1. The van der Waals surface area contributed by atoms with Crippen molar-refractivity contribution in [3.05, 3.63) is 47.4 Å². The molecule has 104 valence electrons. The molecule has 0 atom stereocenters. The largest absolute Gasteiger partial charge is 0.469 e. The van der Waals surface area contributed by atoms with Gasteiger partial charge >= 0.3 is 0 Å². The lowest BCUT2D eigenvalue weighted by Crippen LogP contribution is -2.27. The summed E-state index contributed by atoms with van der Waals surface area (Å²) < 4.78 is 5.26. The topological polar surface area (TPSA) is 59.2 Å². The van der Waals surface area contributed by atoms with E-state index in [1.165, 1.54) is 6.33 Å². The van der Waals surface area contributed by atoms with Crippen molar-refractivity contribution < 1.29 is 9.21 Å². The molecule has 1 aliphatic rings. The quantitative estimate of drug-likeness (QED) is 0.857. The maximum Gasteiger partial charge on any atom is 0.257 e. The lowest BCUT2D eigenvalue weighted by Gasteiger charge is -2.18. The Bertz CT molecular complexity index is 632. The molecule has 5 nitrogen and oxygen atoms in total. The first-order valence-electron chi connectivity index (χ1n) is 6.75. The summed E-state index contributed by atoms with van der Waals surface area (Å²) >= 11 is 0. The van der Waals surface area contributed by atoms with Gasteiger partial charge in [-0.2, -0.15) is 0 Å². The number of hydrogen-bond donors (Lipinski definition) is 0. The van der Waals surface area contributed by atoms with Gasteiger partial charge in [0.2, 0.25) is 0 Å². The predicted molar refractivity (Wildman–Crippen MR) is 73.2 cm³/mol. The van der Waals surface area contributed by atoms with Crippen LogP contribution in [-0.2, 0) is 6.54 Å². The van der Waals surface area contributed by atoms with E-state index in [0.29, 0.717) is 18.0 Å². The molecule has 5 heteroatoms. The second-order valence-corrected chi connectivity index (χ2v) is 5.26. The number of carbonyl (C=O) groups is 1. The van der Waals surface area contributed by atoms with Crippen molar-refractivity contribution in [1.29, 1.82) is 0 Å². The van der Waals surface area contributed by atoms with Gasteiger partial charge in [-0.25, -0.2) is 9.97 Å². The van der Waals surface area contributed by atoms with Gasteiger partial charge in [0.1, 0.15) is 12.1 Å². The van der Waals surface area contributed by atoms with Crippen LogP contribution in [0.5, 0.6) is 0 Å². The van der Waals surface area contributed by atoms with Crippen LogP contribution in [0.1, 0.15) is 46.1 Å². The standard InChI is InChI=1S/C15H17N3O2/c1-10-12(5-6-20-10)8-18(2)15(19)13-7-16-9-17-14(13)11-3-4-11/h5-7,9,11H,3-4,8H2,1-2H3.